The highest BCUT2D eigenvalue weighted by Crippen LogP contribution is 2.09. The number of hydrogen-bond acceptors (Lipinski definition) is 7. The fraction of sp³-hybridized carbons (Fsp3) is 0.444. The van der Waals surface area contributed by atoms with Gasteiger partial charge in [-0.05, 0) is 16.3 Å². The third-order valence-corrected chi connectivity index (χ3v) is 2.98. The molecule has 2 aromatic rings. The summed E-state index contributed by atoms with van der Waals surface area (Å²) in [6, 6.07) is 2.05. The Morgan fingerprint density at radius 2 is 1.83 bits per heavy atom. The minimum atomic E-state index is -4.94. The maximum Gasteiger partial charge on any atom is 0.410 e. The molecule has 0 aliphatic carbocycles. The van der Waals surface area contributed by atoms with E-state index < -0.39 is 10.2 Å². The van der Waals surface area contributed by atoms with Gasteiger partial charge in [0.2, 0.25) is 0 Å². The summed E-state index contributed by atoms with van der Waals surface area (Å²) in [5.41, 5.74) is 2.21. The molecule has 0 spiro atoms. The third-order valence-electron chi connectivity index (χ3n) is 1.93. The molecule has 0 saturated carbocycles. The van der Waals surface area contributed by atoms with E-state index >= 15 is 0 Å². The average molecular weight is 294 g/mol. The number of aryl methyl sites for hydroxylation is 3. The lowest BCUT2D eigenvalue weighted by Crippen LogP contribution is -2.68. The van der Waals surface area contributed by atoms with Crippen LogP contribution in [-0.2, 0) is 6.42 Å². The van der Waals surface area contributed by atoms with E-state index in [4.69, 9.17) is 18.6 Å². The molecular weight excluding hydrogens is 282 g/mol. The molecule has 7 nitrogen and oxygen atoms in total. The summed E-state index contributed by atoms with van der Waals surface area (Å²) >= 11 is 1.67. The Labute approximate surface area is 110 Å². The van der Waals surface area contributed by atoms with Crippen molar-refractivity contribution < 1.29 is 33.4 Å². The second-order valence-corrected chi connectivity index (χ2v) is 5.26. The van der Waals surface area contributed by atoms with Gasteiger partial charge in [-0.1, -0.05) is 16.5 Å². The van der Waals surface area contributed by atoms with Gasteiger partial charge < -0.3 is 0 Å². The second-order valence-electron chi connectivity index (χ2n) is 3.46. The summed E-state index contributed by atoms with van der Waals surface area (Å²) in [7, 11) is -4.94. The molecule has 2 aromatic heterocycles. The van der Waals surface area contributed by atoms with E-state index in [0.29, 0.717) is 0 Å². The van der Waals surface area contributed by atoms with Crippen molar-refractivity contribution in [3.63, 3.8) is 0 Å². The zero-order valence-electron chi connectivity index (χ0n) is 10.0. The Morgan fingerprint density at radius 3 is 2.33 bits per heavy atom. The van der Waals surface area contributed by atoms with Crippen molar-refractivity contribution in [1.29, 1.82) is 0 Å². The SMILES string of the molecule is CCc1n[n+]2c(C)cc(C)nc2s1.[O-][Cl+3]([O-])([O-])[O-]. The summed E-state index contributed by atoms with van der Waals surface area (Å²) in [5.74, 6) is 0. The van der Waals surface area contributed by atoms with Gasteiger partial charge in [-0.25, -0.2) is 18.6 Å². The lowest BCUT2D eigenvalue weighted by molar-refractivity contribution is -2.00. The number of aromatic nitrogens is 3. The molecule has 0 bridgehead atoms. The molecule has 0 fully saturated rings. The second kappa shape index (κ2) is 5.83. The molecular formula is C9H12ClN3O4S. The monoisotopic (exact) mass is 293 g/mol. The fourth-order valence-corrected chi connectivity index (χ4v) is 2.25. The van der Waals surface area contributed by atoms with Crippen LogP contribution in [-0.4, -0.2) is 10.1 Å². The smallest absolute Gasteiger partial charge is 0.222 e. The molecule has 0 amide bonds. The maximum atomic E-state index is 8.49. The summed E-state index contributed by atoms with van der Waals surface area (Å²) in [6.07, 6.45) is 0.979. The van der Waals surface area contributed by atoms with E-state index in [1.165, 1.54) is 0 Å². The molecule has 0 aliphatic heterocycles. The van der Waals surface area contributed by atoms with Crippen molar-refractivity contribution in [3.05, 3.63) is 22.5 Å². The Balaban J connectivity index is 0.000000280. The Morgan fingerprint density at radius 1 is 1.28 bits per heavy atom. The highest BCUT2D eigenvalue weighted by Gasteiger charge is 2.14. The number of hydrogen-bond donors (Lipinski definition) is 0. The highest BCUT2D eigenvalue weighted by atomic mass is 35.7. The molecule has 100 valence electrons. The van der Waals surface area contributed by atoms with E-state index in [1.807, 2.05) is 17.5 Å². The molecule has 0 N–H and O–H groups in total. The Bertz CT molecular complexity index is 534. The molecule has 2 rings (SSSR count). The number of nitrogens with zero attached hydrogens (tertiary/aromatic N) is 3. The summed E-state index contributed by atoms with van der Waals surface area (Å²) < 4.78 is 35.9. The van der Waals surface area contributed by atoms with Crippen molar-refractivity contribution in [2.75, 3.05) is 0 Å². The van der Waals surface area contributed by atoms with Gasteiger partial charge in [-0.15, -0.1) is 10.2 Å². The number of halogens is 1. The zero-order valence-corrected chi connectivity index (χ0v) is 11.6. The molecule has 0 saturated heterocycles. The lowest BCUT2D eigenvalue weighted by Gasteiger charge is -2.17. The lowest BCUT2D eigenvalue weighted by atomic mass is 10.4. The number of rotatable bonds is 1. The predicted molar refractivity (Wildman–Crippen MR) is 51.9 cm³/mol. The molecule has 0 aromatic carbocycles. The van der Waals surface area contributed by atoms with Crippen LogP contribution >= 0.6 is 11.3 Å². The van der Waals surface area contributed by atoms with Gasteiger partial charge in [-0.2, -0.15) is 0 Å². The van der Waals surface area contributed by atoms with Gasteiger partial charge in [0.15, 0.2) is 5.69 Å². The van der Waals surface area contributed by atoms with Crippen molar-refractivity contribution in [3.8, 4) is 0 Å². The van der Waals surface area contributed by atoms with Crippen LogP contribution in [0, 0.1) is 24.1 Å². The van der Waals surface area contributed by atoms with Gasteiger partial charge in [0.1, 0.15) is 10.7 Å². The van der Waals surface area contributed by atoms with Crippen molar-refractivity contribution >= 4 is 16.3 Å². The Kier molecular flexibility index (Phi) is 4.91. The van der Waals surface area contributed by atoms with Gasteiger partial charge in [-0.3, -0.25) is 0 Å². The molecule has 9 heteroatoms. The molecule has 0 unspecified atom stereocenters. The first-order valence-electron chi connectivity index (χ1n) is 4.98. The van der Waals surface area contributed by atoms with Crippen LogP contribution in [0.4, 0.5) is 0 Å². The molecule has 0 atom stereocenters. The molecule has 0 radical (unpaired) electrons. The maximum absolute atomic E-state index is 8.49. The summed E-state index contributed by atoms with van der Waals surface area (Å²) in [6.45, 7) is 6.18. The molecule has 2 heterocycles. The third kappa shape index (κ3) is 4.77. The minimum absolute atomic E-state index is 0.979. The number of fused-ring (bicyclic) bond motifs is 1. The first-order chi connectivity index (χ1) is 8.20. The van der Waals surface area contributed by atoms with Crippen molar-refractivity contribution in [2.24, 2.45) is 0 Å². The largest absolute Gasteiger partial charge is 0.410 e. The van der Waals surface area contributed by atoms with E-state index in [1.54, 1.807) is 11.3 Å². The van der Waals surface area contributed by atoms with Crippen LogP contribution < -0.4 is 23.2 Å². The highest BCUT2D eigenvalue weighted by molar-refractivity contribution is 7.16. The Hall–Kier alpha value is -0.900. The van der Waals surface area contributed by atoms with Gasteiger partial charge >= 0.3 is 4.96 Å². The molecule has 18 heavy (non-hydrogen) atoms. The van der Waals surface area contributed by atoms with Crippen LogP contribution in [0.3, 0.4) is 0 Å². The minimum Gasteiger partial charge on any atom is -0.222 e. The normalized spacial score (nSPS) is 11.3. The van der Waals surface area contributed by atoms with Crippen LogP contribution in [0.1, 0.15) is 23.3 Å². The topological polar surface area (TPSA) is 122 Å². The van der Waals surface area contributed by atoms with E-state index in [9.17, 15) is 0 Å². The van der Waals surface area contributed by atoms with Crippen molar-refractivity contribution in [1.82, 2.24) is 10.1 Å². The summed E-state index contributed by atoms with van der Waals surface area (Å²) in [4.78, 5) is 5.42. The van der Waals surface area contributed by atoms with Crippen LogP contribution in [0.2, 0.25) is 0 Å². The predicted octanol–water partition coefficient (Wildman–Crippen LogP) is -3.30. The van der Waals surface area contributed by atoms with Crippen LogP contribution in [0.5, 0.6) is 0 Å². The first-order valence-corrected chi connectivity index (χ1v) is 7.03. The van der Waals surface area contributed by atoms with E-state index in [-0.39, 0.29) is 0 Å². The van der Waals surface area contributed by atoms with Gasteiger partial charge in [0.25, 0.3) is 0 Å². The quantitative estimate of drug-likeness (QED) is 0.508. The van der Waals surface area contributed by atoms with Crippen LogP contribution in [0.15, 0.2) is 6.07 Å². The van der Waals surface area contributed by atoms with Crippen LogP contribution in [0.25, 0.3) is 4.96 Å². The van der Waals surface area contributed by atoms with Crippen molar-refractivity contribution in [2.45, 2.75) is 27.2 Å². The standard InChI is InChI=1S/C9H12N3S.ClHO4/c1-4-8-11-12-7(3)5-6(2)10-9(12)13-8;2-1(3,4)5/h5H,4H2,1-3H3;(H,2,3,4,5)/q+1;/p-1. The first kappa shape index (κ1) is 15.2. The van der Waals surface area contributed by atoms with Gasteiger partial charge in [0.05, 0.1) is 0 Å². The van der Waals surface area contributed by atoms with Gasteiger partial charge in [0, 0.05) is 26.3 Å². The zero-order chi connectivity index (χ0) is 13.9. The summed E-state index contributed by atoms with van der Waals surface area (Å²) in [5, 5.41) is 5.58. The van der Waals surface area contributed by atoms with E-state index in [2.05, 4.69) is 23.9 Å². The molecule has 0 aliphatic rings. The fourth-order valence-electron chi connectivity index (χ4n) is 1.31. The van der Waals surface area contributed by atoms with E-state index in [0.717, 1.165) is 27.8 Å². The average Bonchev–Trinajstić information content (AvgIpc) is 2.58.